The molecule has 3 rings (SSSR count). The molecule has 1 amide bonds. The number of hydrogen-bond donors (Lipinski definition) is 2. The maximum absolute atomic E-state index is 12.4. The predicted molar refractivity (Wildman–Crippen MR) is 79.9 cm³/mol. The van der Waals surface area contributed by atoms with Gasteiger partial charge in [0.2, 0.25) is 0 Å². The Balaban J connectivity index is 1.62. The van der Waals surface area contributed by atoms with E-state index in [0.29, 0.717) is 11.5 Å². The lowest BCUT2D eigenvalue weighted by Crippen LogP contribution is -2.35. The van der Waals surface area contributed by atoms with Gasteiger partial charge in [-0.05, 0) is 42.4 Å². The summed E-state index contributed by atoms with van der Waals surface area (Å²) in [6.07, 6.45) is 6.91. The molecule has 1 aromatic rings. The van der Waals surface area contributed by atoms with E-state index in [2.05, 4.69) is 5.32 Å². The highest BCUT2D eigenvalue weighted by Crippen LogP contribution is 2.56. The summed E-state index contributed by atoms with van der Waals surface area (Å²) < 4.78 is 5.35. The maximum atomic E-state index is 12.4. The highest BCUT2D eigenvalue weighted by atomic mass is 16.5. The number of rotatable bonds is 4. The van der Waals surface area contributed by atoms with Crippen LogP contribution >= 0.6 is 0 Å². The number of carbonyl (C=O) groups is 1. The summed E-state index contributed by atoms with van der Waals surface area (Å²) in [5.41, 5.74) is 1.15. The zero-order valence-corrected chi connectivity index (χ0v) is 12.5. The van der Waals surface area contributed by atoms with E-state index < -0.39 is 6.10 Å². The molecule has 0 bridgehead atoms. The molecule has 1 spiro atoms. The smallest absolute Gasteiger partial charge is 0.253 e. The number of benzene rings is 1. The fourth-order valence-electron chi connectivity index (χ4n) is 3.65. The van der Waals surface area contributed by atoms with Crippen LogP contribution in [0, 0.1) is 5.41 Å². The molecule has 2 fully saturated rings. The minimum absolute atomic E-state index is 0.0735. The van der Waals surface area contributed by atoms with Crippen LogP contribution in [0.25, 0.3) is 0 Å². The summed E-state index contributed by atoms with van der Waals surface area (Å²) in [7, 11) is 1.54. The van der Waals surface area contributed by atoms with E-state index in [-0.39, 0.29) is 11.7 Å². The minimum Gasteiger partial charge on any atom is -0.508 e. The first kappa shape index (κ1) is 14.4. The predicted octanol–water partition coefficient (Wildman–Crippen LogP) is 2.92. The van der Waals surface area contributed by atoms with Crippen molar-refractivity contribution in [3.05, 3.63) is 29.8 Å². The largest absolute Gasteiger partial charge is 0.508 e. The molecule has 0 heterocycles. The SMILES string of the molecule is COC(C(=O)NC1CC12CCCCC2)c1ccc(O)cc1. The Hall–Kier alpha value is -1.55. The van der Waals surface area contributed by atoms with Gasteiger partial charge in [-0.3, -0.25) is 4.79 Å². The Bertz CT molecular complexity index is 505. The van der Waals surface area contributed by atoms with E-state index in [1.54, 1.807) is 31.4 Å². The lowest BCUT2D eigenvalue weighted by Gasteiger charge is -2.23. The molecule has 2 atom stereocenters. The van der Waals surface area contributed by atoms with Crippen molar-refractivity contribution in [2.75, 3.05) is 7.11 Å². The van der Waals surface area contributed by atoms with Gasteiger partial charge in [-0.2, -0.15) is 0 Å². The molecule has 21 heavy (non-hydrogen) atoms. The third-order valence-corrected chi connectivity index (χ3v) is 5.03. The number of phenols is 1. The topological polar surface area (TPSA) is 58.6 Å². The summed E-state index contributed by atoms with van der Waals surface area (Å²) in [5.74, 6) is 0.119. The summed E-state index contributed by atoms with van der Waals surface area (Å²) in [4.78, 5) is 12.4. The second kappa shape index (κ2) is 5.68. The van der Waals surface area contributed by atoms with Gasteiger partial charge < -0.3 is 15.2 Å². The van der Waals surface area contributed by atoms with Crippen molar-refractivity contribution in [1.82, 2.24) is 5.32 Å². The van der Waals surface area contributed by atoms with Gasteiger partial charge in [-0.15, -0.1) is 0 Å². The quantitative estimate of drug-likeness (QED) is 0.896. The lowest BCUT2D eigenvalue weighted by molar-refractivity contribution is -0.131. The molecule has 0 aliphatic heterocycles. The summed E-state index contributed by atoms with van der Waals surface area (Å²) in [6, 6.07) is 6.93. The average Bonchev–Trinajstić information content (AvgIpc) is 3.13. The second-order valence-electron chi connectivity index (χ2n) is 6.40. The van der Waals surface area contributed by atoms with Crippen LogP contribution in [0.15, 0.2) is 24.3 Å². The van der Waals surface area contributed by atoms with E-state index >= 15 is 0 Å². The molecule has 4 heteroatoms. The number of hydrogen-bond acceptors (Lipinski definition) is 3. The third-order valence-electron chi connectivity index (χ3n) is 5.03. The Morgan fingerprint density at radius 1 is 1.29 bits per heavy atom. The molecule has 2 unspecified atom stereocenters. The fraction of sp³-hybridized carbons (Fsp3) is 0.588. The van der Waals surface area contributed by atoms with Crippen LogP contribution in [0.1, 0.15) is 50.2 Å². The molecule has 2 aliphatic rings. The van der Waals surface area contributed by atoms with Gasteiger partial charge in [0.05, 0.1) is 0 Å². The monoisotopic (exact) mass is 289 g/mol. The molecule has 2 aliphatic carbocycles. The molecule has 114 valence electrons. The Labute approximate surface area is 125 Å². The van der Waals surface area contributed by atoms with Crippen molar-refractivity contribution in [3.63, 3.8) is 0 Å². The summed E-state index contributed by atoms with van der Waals surface area (Å²) in [6.45, 7) is 0. The number of amides is 1. The first-order chi connectivity index (χ1) is 10.1. The fourth-order valence-corrected chi connectivity index (χ4v) is 3.65. The van der Waals surface area contributed by atoms with Crippen molar-refractivity contribution in [2.24, 2.45) is 5.41 Å². The molecule has 1 aromatic carbocycles. The molecule has 0 saturated heterocycles. The minimum atomic E-state index is -0.605. The first-order valence-electron chi connectivity index (χ1n) is 7.77. The molecular formula is C17H23NO3. The maximum Gasteiger partial charge on any atom is 0.253 e. The van der Waals surface area contributed by atoms with Gasteiger partial charge in [-0.1, -0.05) is 31.4 Å². The highest BCUT2D eigenvalue weighted by Gasteiger charge is 2.54. The third kappa shape index (κ3) is 2.91. The molecular weight excluding hydrogens is 266 g/mol. The van der Waals surface area contributed by atoms with Crippen molar-refractivity contribution >= 4 is 5.91 Å². The van der Waals surface area contributed by atoms with E-state index in [0.717, 1.165) is 12.0 Å². The Kier molecular flexibility index (Phi) is 3.89. The average molecular weight is 289 g/mol. The van der Waals surface area contributed by atoms with Gasteiger partial charge in [0.25, 0.3) is 5.91 Å². The first-order valence-corrected chi connectivity index (χ1v) is 7.77. The van der Waals surface area contributed by atoms with Crippen LogP contribution in [-0.4, -0.2) is 24.2 Å². The van der Waals surface area contributed by atoms with E-state index in [9.17, 15) is 9.90 Å². The normalized spacial score (nSPS) is 24.5. The standard InChI is InChI=1S/C17H23NO3/c1-21-15(12-5-7-13(19)8-6-12)16(20)18-14-11-17(14)9-3-2-4-10-17/h5-8,14-15,19H,2-4,9-11H2,1H3,(H,18,20). The Morgan fingerprint density at radius 2 is 1.95 bits per heavy atom. The van der Waals surface area contributed by atoms with Gasteiger partial charge >= 0.3 is 0 Å². The zero-order chi connectivity index (χ0) is 14.9. The Morgan fingerprint density at radius 3 is 2.57 bits per heavy atom. The number of carbonyl (C=O) groups excluding carboxylic acids is 1. The second-order valence-corrected chi connectivity index (χ2v) is 6.40. The van der Waals surface area contributed by atoms with E-state index in [1.807, 2.05) is 0 Å². The molecule has 2 N–H and O–H groups in total. The molecule has 4 nitrogen and oxygen atoms in total. The van der Waals surface area contributed by atoms with Crippen LogP contribution in [0.3, 0.4) is 0 Å². The van der Waals surface area contributed by atoms with Crippen LogP contribution < -0.4 is 5.32 Å². The molecule has 2 saturated carbocycles. The van der Waals surface area contributed by atoms with Gasteiger partial charge in [0.15, 0.2) is 6.10 Å². The molecule has 0 aromatic heterocycles. The van der Waals surface area contributed by atoms with E-state index in [4.69, 9.17) is 4.74 Å². The summed E-state index contributed by atoms with van der Waals surface area (Å²) in [5, 5.41) is 12.5. The van der Waals surface area contributed by atoms with Crippen LogP contribution in [-0.2, 0) is 9.53 Å². The van der Waals surface area contributed by atoms with Crippen molar-refractivity contribution in [1.29, 1.82) is 0 Å². The highest BCUT2D eigenvalue weighted by molar-refractivity contribution is 5.83. The van der Waals surface area contributed by atoms with Gasteiger partial charge in [0.1, 0.15) is 5.75 Å². The van der Waals surface area contributed by atoms with Crippen LogP contribution in [0.4, 0.5) is 0 Å². The van der Waals surface area contributed by atoms with Gasteiger partial charge in [-0.25, -0.2) is 0 Å². The lowest BCUT2D eigenvalue weighted by atomic mass is 9.85. The number of ether oxygens (including phenoxy) is 1. The van der Waals surface area contributed by atoms with Crippen molar-refractivity contribution in [2.45, 2.75) is 50.7 Å². The number of methoxy groups -OCH3 is 1. The number of aromatic hydroxyl groups is 1. The number of nitrogens with one attached hydrogen (secondary N) is 1. The van der Waals surface area contributed by atoms with Crippen molar-refractivity contribution in [3.8, 4) is 5.75 Å². The van der Waals surface area contributed by atoms with Crippen LogP contribution in [0.5, 0.6) is 5.75 Å². The van der Waals surface area contributed by atoms with Crippen molar-refractivity contribution < 1.29 is 14.6 Å². The van der Waals surface area contributed by atoms with Crippen LogP contribution in [0.2, 0.25) is 0 Å². The van der Waals surface area contributed by atoms with E-state index in [1.165, 1.54) is 32.1 Å². The van der Waals surface area contributed by atoms with Gasteiger partial charge in [0, 0.05) is 13.2 Å². The summed E-state index contributed by atoms with van der Waals surface area (Å²) >= 11 is 0. The zero-order valence-electron chi connectivity index (χ0n) is 12.5. The molecule has 0 radical (unpaired) electrons. The number of phenolic OH excluding ortho intramolecular Hbond substituents is 1.